The van der Waals surface area contributed by atoms with E-state index in [1.165, 1.54) is 6.07 Å². The minimum absolute atomic E-state index is 0.0781. The molecular weight excluding hydrogens is 322 g/mol. The lowest BCUT2D eigenvalue weighted by atomic mass is 10.0. The number of aromatic nitrogens is 1. The quantitative estimate of drug-likeness (QED) is 0.431. The summed E-state index contributed by atoms with van der Waals surface area (Å²) >= 11 is 0. The largest absolute Gasteiger partial charge is 0.505 e. The fourth-order valence-corrected chi connectivity index (χ4v) is 2.73. The van der Waals surface area contributed by atoms with Gasteiger partial charge in [0.1, 0.15) is 5.75 Å². The number of phenols is 1. The third kappa shape index (κ3) is 4.24. The minimum atomic E-state index is -0.469. The highest BCUT2D eigenvalue weighted by molar-refractivity contribution is 5.80. The summed E-state index contributed by atoms with van der Waals surface area (Å²) in [5.74, 6) is -0.0781. The molecule has 2 rings (SSSR count). The lowest BCUT2D eigenvalue weighted by Crippen LogP contribution is -2.20. The summed E-state index contributed by atoms with van der Waals surface area (Å²) in [7, 11) is 0. The third-order valence-electron chi connectivity index (χ3n) is 4.25. The van der Waals surface area contributed by atoms with E-state index in [1.54, 1.807) is 43.3 Å². The number of pyridine rings is 1. The number of unbranched alkanes of at least 4 members (excludes halogenated alkanes) is 2. The number of hydrogen-bond donors (Lipinski definition) is 2. The van der Waals surface area contributed by atoms with Crippen molar-refractivity contribution >= 4 is 17.1 Å². The second-order valence-corrected chi connectivity index (χ2v) is 5.93. The number of anilines is 2. The van der Waals surface area contributed by atoms with Gasteiger partial charge in [-0.1, -0.05) is 0 Å². The number of phenolic OH excluding ortho intramolecular Hbond substituents is 1. The molecule has 2 aromatic rings. The Morgan fingerprint density at radius 1 is 1.20 bits per heavy atom. The van der Waals surface area contributed by atoms with Gasteiger partial charge in [0.05, 0.1) is 4.92 Å². The molecule has 1 aromatic heterocycles. The van der Waals surface area contributed by atoms with E-state index in [0.717, 1.165) is 18.5 Å². The van der Waals surface area contributed by atoms with Crippen LogP contribution < -0.4 is 4.90 Å². The van der Waals surface area contributed by atoms with E-state index in [1.807, 2.05) is 0 Å². The highest BCUT2D eigenvalue weighted by atomic mass is 16.6. The van der Waals surface area contributed by atoms with E-state index < -0.39 is 4.92 Å². The molecule has 0 aliphatic carbocycles. The number of aryl methyl sites for hydroxylation is 1. The van der Waals surface area contributed by atoms with Crippen LogP contribution in [0.2, 0.25) is 0 Å². The number of rotatable bonds is 8. The number of aliphatic hydroxyl groups excluding tert-OH is 1. The topological polar surface area (TPSA) is 99.7 Å². The average Bonchev–Trinajstić information content (AvgIpc) is 2.61. The maximum Gasteiger partial charge on any atom is 0.297 e. The Kier molecular flexibility index (Phi) is 6.30. The maximum absolute atomic E-state index is 11.6. The van der Waals surface area contributed by atoms with E-state index >= 15 is 0 Å². The second kappa shape index (κ2) is 8.43. The predicted molar refractivity (Wildman–Crippen MR) is 96.4 cm³/mol. The summed E-state index contributed by atoms with van der Waals surface area (Å²) in [5, 5.41) is 31.2. The highest BCUT2D eigenvalue weighted by Gasteiger charge is 2.27. The van der Waals surface area contributed by atoms with Crippen molar-refractivity contribution in [3.05, 3.63) is 51.8 Å². The average molecular weight is 345 g/mol. The lowest BCUT2D eigenvalue weighted by Gasteiger charge is -2.26. The summed E-state index contributed by atoms with van der Waals surface area (Å²) in [6.45, 7) is 4.09. The second-order valence-electron chi connectivity index (χ2n) is 5.93. The lowest BCUT2D eigenvalue weighted by molar-refractivity contribution is -0.384. The summed E-state index contributed by atoms with van der Waals surface area (Å²) in [5.41, 5.74) is 2.08. The summed E-state index contributed by atoms with van der Waals surface area (Å²) < 4.78 is 0. The molecule has 7 heteroatoms. The molecule has 0 atom stereocenters. The summed E-state index contributed by atoms with van der Waals surface area (Å²) in [6.07, 6.45) is 5.41. The van der Waals surface area contributed by atoms with E-state index in [4.69, 9.17) is 5.11 Å². The summed E-state index contributed by atoms with van der Waals surface area (Å²) in [6, 6.07) is 5.00. The Bertz CT molecular complexity index is 735. The molecule has 1 heterocycles. The van der Waals surface area contributed by atoms with Crippen molar-refractivity contribution in [3.8, 4) is 5.75 Å². The van der Waals surface area contributed by atoms with Crippen molar-refractivity contribution in [3.63, 3.8) is 0 Å². The Hall–Kier alpha value is -2.67. The third-order valence-corrected chi connectivity index (χ3v) is 4.25. The van der Waals surface area contributed by atoms with Crippen LogP contribution in [0.15, 0.2) is 30.6 Å². The van der Waals surface area contributed by atoms with Gasteiger partial charge in [0, 0.05) is 37.3 Å². The van der Waals surface area contributed by atoms with Crippen LogP contribution in [0.1, 0.15) is 30.4 Å². The molecule has 134 valence electrons. The van der Waals surface area contributed by atoms with Crippen LogP contribution >= 0.6 is 0 Å². The first-order valence-electron chi connectivity index (χ1n) is 8.23. The van der Waals surface area contributed by atoms with Gasteiger partial charge in [0.2, 0.25) is 0 Å². The number of benzene rings is 1. The predicted octanol–water partition coefficient (Wildman–Crippen LogP) is 3.61. The summed E-state index contributed by atoms with van der Waals surface area (Å²) in [4.78, 5) is 16.8. The van der Waals surface area contributed by atoms with Gasteiger partial charge in [-0.3, -0.25) is 15.1 Å². The number of hydrogen-bond acceptors (Lipinski definition) is 6. The zero-order chi connectivity index (χ0) is 18.4. The van der Waals surface area contributed by atoms with Gasteiger partial charge in [-0.2, -0.15) is 0 Å². The molecule has 0 radical (unpaired) electrons. The normalized spacial score (nSPS) is 10.7. The molecule has 2 N–H and O–H groups in total. The molecule has 0 unspecified atom stereocenters. The molecule has 0 saturated heterocycles. The molecule has 0 amide bonds. The fraction of sp³-hybridized carbons (Fsp3) is 0.389. The smallest absolute Gasteiger partial charge is 0.297 e. The van der Waals surface area contributed by atoms with Crippen LogP contribution in [0.25, 0.3) is 0 Å². The number of aromatic hydroxyl groups is 1. The minimum Gasteiger partial charge on any atom is -0.505 e. The maximum atomic E-state index is 11.6. The molecule has 0 saturated carbocycles. The van der Waals surface area contributed by atoms with Crippen molar-refractivity contribution in [1.82, 2.24) is 4.98 Å². The Balaban J connectivity index is 2.53. The van der Waals surface area contributed by atoms with Gasteiger partial charge >= 0.3 is 0 Å². The molecule has 0 bridgehead atoms. The van der Waals surface area contributed by atoms with Crippen molar-refractivity contribution in [2.24, 2.45) is 0 Å². The SMILES string of the molecule is Cc1cc([N+](=O)[O-])c(N(CCCCCO)c2ccncc2)c(O)c1C. The van der Waals surface area contributed by atoms with E-state index in [-0.39, 0.29) is 23.7 Å². The Morgan fingerprint density at radius 2 is 1.88 bits per heavy atom. The van der Waals surface area contributed by atoms with Gasteiger partial charge in [-0.25, -0.2) is 0 Å². The number of nitro benzene ring substituents is 1. The monoisotopic (exact) mass is 345 g/mol. The Labute approximate surface area is 146 Å². The molecule has 0 aliphatic rings. The van der Waals surface area contributed by atoms with Gasteiger partial charge in [0.15, 0.2) is 5.69 Å². The zero-order valence-electron chi connectivity index (χ0n) is 14.5. The Morgan fingerprint density at radius 3 is 2.48 bits per heavy atom. The van der Waals surface area contributed by atoms with E-state index in [0.29, 0.717) is 24.1 Å². The fourth-order valence-electron chi connectivity index (χ4n) is 2.73. The molecular formula is C18H23N3O4. The molecule has 25 heavy (non-hydrogen) atoms. The highest BCUT2D eigenvalue weighted by Crippen LogP contribution is 2.44. The van der Waals surface area contributed by atoms with Gasteiger partial charge in [0.25, 0.3) is 5.69 Å². The van der Waals surface area contributed by atoms with Crippen molar-refractivity contribution in [2.75, 3.05) is 18.1 Å². The van der Waals surface area contributed by atoms with Crippen LogP contribution in [0.3, 0.4) is 0 Å². The first-order valence-corrected chi connectivity index (χ1v) is 8.23. The molecule has 7 nitrogen and oxygen atoms in total. The molecule has 0 fully saturated rings. The van der Waals surface area contributed by atoms with Gasteiger partial charge < -0.3 is 15.1 Å². The van der Waals surface area contributed by atoms with Crippen molar-refractivity contribution < 1.29 is 15.1 Å². The first-order chi connectivity index (χ1) is 12.0. The van der Waals surface area contributed by atoms with Crippen LogP contribution in [0, 0.1) is 24.0 Å². The first kappa shape index (κ1) is 18.7. The van der Waals surface area contributed by atoms with Crippen LogP contribution in [0.4, 0.5) is 17.1 Å². The molecule has 0 aliphatic heterocycles. The number of aliphatic hydroxyl groups is 1. The number of nitro groups is 1. The van der Waals surface area contributed by atoms with E-state index in [9.17, 15) is 15.2 Å². The van der Waals surface area contributed by atoms with Crippen LogP contribution in [0.5, 0.6) is 5.75 Å². The number of nitrogens with zero attached hydrogens (tertiary/aromatic N) is 3. The van der Waals surface area contributed by atoms with Crippen molar-refractivity contribution in [2.45, 2.75) is 33.1 Å². The van der Waals surface area contributed by atoms with Gasteiger partial charge in [-0.15, -0.1) is 0 Å². The van der Waals surface area contributed by atoms with E-state index in [2.05, 4.69) is 4.98 Å². The molecule has 1 aromatic carbocycles. The van der Waals surface area contributed by atoms with Crippen LogP contribution in [-0.4, -0.2) is 33.3 Å². The molecule has 0 spiro atoms. The zero-order valence-corrected chi connectivity index (χ0v) is 14.5. The van der Waals surface area contributed by atoms with Gasteiger partial charge in [-0.05, 0) is 56.4 Å². The van der Waals surface area contributed by atoms with Crippen LogP contribution in [-0.2, 0) is 0 Å². The standard InChI is InChI=1S/C18H23N3O4/c1-13-12-16(21(24)25)17(18(23)14(13)2)20(10-4-3-5-11-22)15-6-8-19-9-7-15/h6-9,12,22-23H,3-5,10-11H2,1-2H3. The van der Waals surface area contributed by atoms with Crippen molar-refractivity contribution in [1.29, 1.82) is 0 Å².